The van der Waals surface area contributed by atoms with Crippen LogP contribution in [0.2, 0.25) is 0 Å². The molecule has 1 aliphatic heterocycles. The Bertz CT molecular complexity index is 369. The molecule has 1 saturated heterocycles. The van der Waals surface area contributed by atoms with E-state index in [0.717, 1.165) is 38.8 Å². The first kappa shape index (κ1) is 15.3. The molecule has 2 aliphatic rings. The molecule has 1 amide bonds. The van der Waals surface area contributed by atoms with Crippen LogP contribution in [0.25, 0.3) is 0 Å². The highest BCUT2D eigenvalue weighted by Gasteiger charge is 2.43. The molecule has 0 spiro atoms. The monoisotopic (exact) mass is 281 g/mol. The number of hydrogen-bond donors (Lipinski definition) is 1. The largest absolute Gasteiger partial charge is 0.481 e. The van der Waals surface area contributed by atoms with E-state index in [-0.39, 0.29) is 11.8 Å². The summed E-state index contributed by atoms with van der Waals surface area (Å²) in [5, 5.41) is 9.37. The lowest BCUT2D eigenvalue weighted by Gasteiger charge is -2.26. The molecule has 1 heterocycles. The van der Waals surface area contributed by atoms with E-state index in [1.54, 1.807) is 0 Å². The van der Waals surface area contributed by atoms with Gasteiger partial charge in [-0.25, -0.2) is 0 Å². The molecule has 1 N–H and O–H groups in total. The number of likely N-dealkylation sites (tertiary alicyclic amines) is 1. The number of carboxylic acids is 1. The lowest BCUT2D eigenvalue weighted by molar-refractivity contribution is -0.149. The molecule has 0 bridgehead atoms. The summed E-state index contributed by atoms with van der Waals surface area (Å²) < 4.78 is 0. The normalized spacial score (nSPS) is 34.8. The second-order valence-corrected chi connectivity index (χ2v) is 6.66. The molecule has 0 radical (unpaired) electrons. The van der Waals surface area contributed by atoms with Gasteiger partial charge in [-0.15, -0.1) is 0 Å². The third kappa shape index (κ3) is 3.33. The molecule has 1 aliphatic carbocycles. The van der Waals surface area contributed by atoms with Crippen molar-refractivity contribution in [3.63, 3.8) is 0 Å². The number of rotatable bonds is 3. The van der Waals surface area contributed by atoms with E-state index in [4.69, 9.17) is 0 Å². The summed E-state index contributed by atoms with van der Waals surface area (Å²) in [6.45, 7) is 5.93. The van der Waals surface area contributed by atoms with Crippen LogP contribution in [0.3, 0.4) is 0 Å². The highest BCUT2D eigenvalue weighted by molar-refractivity contribution is 5.85. The molecule has 0 aromatic heterocycles. The van der Waals surface area contributed by atoms with Gasteiger partial charge in [-0.05, 0) is 43.9 Å². The maximum absolute atomic E-state index is 12.7. The average Bonchev–Trinajstić information content (AvgIpc) is 2.75. The zero-order valence-electron chi connectivity index (χ0n) is 12.7. The Morgan fingerprint density at radius 2 is 1.85 bits per heavy atom. The van der Waals surface area contributed by atoms with Crippen LogP contribution in [-0.4, -0.2) is 35.0 Å². The Kier molecular flexibility index (Phi) is 5.06. The Hall–Kier alpha value is -1.06. The maximum Gasteiger partial charge on any atom is 0.307 e. The van der Waals surface area contributed by atoms with E-state index in [9.17, 15) is 14.7 Å². The maximum atomic E-state index is 12.7. The van der Waals surface area contributed by atoms with Crippen LogP contribution < -0.4 is 0 Å². The van der Waals surface area contributed by atoms with Crippen LogP contribution in [-0.2, 0) is 9.59 Å². The molecule has 1 saturated carbocycles. The third-order valence-electron chi connectivity index (χ3n) is 5.20. The molecular weight excluding hydrogens is 254 g/mol. The standard InChI is InChI=1S/C16H27NO3/c1-3-12-9-13(14(10-12)16(19)20)15(18)17-7-4-5-11(2)6-8-17/h11-14H,3-10H2,1-2H3,(H,19,20)/t11?,12?,13-,14+/m0/s1. The van der Waals surface area contributed by atoms with Crippen molar-refractivity contribution >= 4 is 11.9 Å². The van der Waals surface area contributed by atoms with Crippen molar-refractivity contribution in [2.45, 2.75) is 52.4 Å². The highest BCUT2D eigenvalue weighted by atomic mass is 16.4. The van der Waals surface area contributed by atoms with E-state index in [1.807, 2.05) is 4.90 Å². The SMILES string of the molecule is CCC1C[C@H](C(=O)N2CCCC(C)CC2)[C@H](C(=O)O)C1. The summed E-state index contributed by atoms with van der Waals surface area (Å²) in [4.78, 5) is 26.0. The minimum Gasteiger partial charge on any atom is -0.481 e. The molecule has 4 atom stereocenters. The van der Waals surface area contributed by atoms with Crippen molar-refractivity contribution in [1.29, 1.82) is 0 Å². The van der Waals surface area contributed by atoms with Crippen LogP contribution >= 0.6 is 0 Å². The van der Waals surface area contributed by atoms with Crippen LogP contribution in [0.15, 0.2) is 0 Å². The number of carboxylic acid groups (broad SMARTS) is 1. The quantitative estimate of drug-likeness (QED) is 0.865. The first-order valence-electron chi connectivity index (χ1n) is 8.04. The summed E-state index contributed by atoms with van der Waals surface area (Å²) in [6, 6.07) is 0. The van der Waals surface area contributed by atoms with E-state index in [2.05, 4.69) is 13.8 Å². The molecule has 2 unspecified atom stereocenters. The number of nitrogens with zero attached hydrogens (tertiary/aromatic N) is 1. The summed E-state index contributed by atoms with van der Waals surface area (Å²) in [5.74, 6) is -0.366. The fourth-order valence-electron chi connectivity index (χ4n) is 3.74. The van der Waals surface area contributed by atoms with Gasteiger partial charge in [-0.1, -0.05) is 20.3 Å². The second-order valence-electron chi connectivity index (χ2n) is 6.66. The van der Waals surface area contributed by atoms with Crippen LogP contribution in [0.4, 0.5) is 0 Å². The van der Waals surface area contributed by atoms with Crippen LogP contribution in [0.5, 0.6) is 0 Å². The Labute approximate surface area is 121 Å². The number of aliphatic carboxylic acids is 1. The molecule has 114 valence electrons. The van der Waals surface area contributed by atoms with Crippen molar-refractivity contribution in [3.8, 4) is 0 Å². The second kappa shape index (κ2) is 6.59. The molecule has 2 rings (SSSR count). The van der Waals surface area contributed by atoms with Gasteiger partial charge in [0.05, 0.1) is 11.8 Å². The number of carbonyl (C=O) groups is 2. The van der Waals surface area contributed by atoms with Crippen LogP contribution in [0, 0.1) is 23.7 Å². The Balaban J connectivity index is 2.04. The zero-order chi connectivity index (χ0) is 14.7. The van der Waals surface area contributed by atoms with Crippen molar-refractivity contribution in [2.24, 2.45) is 23.7 Å². The Morgan fingerprint density at radius 1 is 1.15 bits per heavy atom. The minimum absolute atomic E-state index is 0.0995. The van der Waals surface area contributed by atoms with E-state index in [0.29, 0.717) is 18.3 Å². The van der Waals surface area contributed by atoms with Gasteiger partial charge in [0.25, 0.3) is 0 Å². The van der Waals surface area contributed by atoms with Gasteiger partial charge in [0.15, 0.2) is 0 Å². The van der Waals surface area contributed by atoms with Crippen molar-refractivity contribution < 1.29 is 14.7 Å². The lowest BCUT2D eigenvalue weighted by Crippen LogP contribution is -2.39. The van der Waals surface area contributed by atoms with Crippen molar-refractivity contribution in [3.05, 3.63) is 0 Å². The highest BCUT2D eigenvalue weighted by Crippen LogP contribution is 2.39. The molecular formula is C16H27NO3. The third-order valence-corrected chi connectivity index (χ3v) is 5.20. The molecule has 2 fully saturated rings. The molecule has 4 nitrogen and oxygen atoms in total. The van der Waals surface area contributed by atoms with Gasteiger partial charge in [0, 0.05) is 13.1 Å². The minimum atomic E-state index is -0.789. The van der Waals surface area contributed by atoms with Gasteiger partial charge in [0.1, 0.15) is 0 Å². The average molecular weight is 281 g/mol. The molecule has 4 heteroatoms. The number of hydrogen-bond acceptors (Lipinski definition) is 2. The van der Waals surface area contributed by atoms with E-state index in [1.165, 1.54) is 6.42 Å². The predicted octanol–water partition coefficient (Wildman–Crippen LogP) is 2.77. The lowest BCUT2D eigenvalue weighted by atomic mass is 9.94. The van der Waals surface area contributed by atoms with Gasteiger partial charge in [0.2, 0.25) is 5.91 Å². The summed E-state index contributed by atoms with van der Waals surface area (Å²) in [6.07, 6.45) is 5.69. The van der Waals surface area contributed by atoms with E-state index < -0.39 is 11.9 Å². The van der Waals surface area contributed by atoms with Gasteiger partial charge < -0.3 is 10.0 Å². The fraction of sp³-hybridized carbons (Fsp3) is 0.875. The first-order valence-corrected chi connectivity index (χ1v) is 8.04. The van der Waals surface area contributed by atoms with Gasteiger partial charge in [-0.2, -0.15) is 0 Å². The molecule has 0 aromatic rings. The zero-order valence-corrected chi connectivity index (χ0v) is 12.7. The predicted molar refractivity (Wildman–Crippen MR) is 77.2 cm³/mol. The molecule has 20 heavy (non-hydrogen) atoms. The topological polar surface area (TPSA) is 57.6 Å². The van der Waals surface area contributed by atoms with E-state index >= 15 is 0 Å². The van der Waals surface area contributed by atoms with Gasteiger partial charge >= 0.3 is 5.97 Å². The fourth-order valence-corrected chi connectivity index (χ4v) is 3.74. The summed E-state index contributed by atoms with van der Waals surface area (Å²) in [7, 11) is 0. The summed E-state index contributed by atoms with van der Waals surface area (Å²) in [5.41, 5.74) is 0. The number of carbonyl (C=O) groups excluding carboxylic acids is 1. The first-order chi connectivity index (χ1) is 9.52. The van der Waals surface area contributed by atoms with Gasteiger partial charge in [-0.3, -0.25) is 9.59 Å². The number of amides is 1. The summed E-state index contributed by atoms with van der Waals surface area (Å²) >= 11 is 0. The molecule has 0 aromatic carbocycles. The van der Waals surface area contributed by atoms with Crippen LogP contribution in [0.1, 0.15) is 52.4 Å². The van der Waals surface area contributed by atoms with Crippen molar-refractivity contribution in [2.75, 3.05) is 13.1 Å². The smallest absolute Gasteiger partial charge is 0.307 e. The Morgan fingerprint density at radius 3 is 2.50 bits per heavy atom. The van der Waals surface area contributed by atoms with Crippen molar-refractivity contribution in [1.82, 2.24) is 4.90 Å².